The third-order valence-electron chi connectivity index (χ3n) is 6.20. The van der Waals surface area contributed by atoms with Crippen LogP contribution in [0.15, 0.2) is 59.3 Å². The van der Waals surface area contributed by atoms with Gasteiger partial charge in [0.05, 0.1) is 12.2 Å². The van der Waals surface area contributed by atoms with Gasteiger partial charge in [0, 0.05) is 31.1 Å². The van der Waals surface area contributed by atoms with Gasteiger partial charge in [-0.15, -0.1) is 10.2 Å². The zero-order valence-corrected chi connectivity index (χ0v) is 19.1. The van der Waals surface area contributed by atoms with Crippen LogP contribution in [-0.4, -0.2) is 36.9 Å². The van der Waals surface area contributed by atoms with Crippen molar-refractivity contribution in [3.05, 3.63) is 72.1 Å². The van der Waals surface area contributed by atoms with E-state index in [1.54, 1.807) is 6.20 Å². The van der Waals surface area contributed by atoms with Gasteiger partial charge in [-0.25, -0.2) is 4.98 Å². The number of hydrogen-bond donors (Lipinski definition) is 0. The van der Waals surface area contributed by atoms with Crippen LogP contribution >= 0.6 is 0 Å². The molecule has 1 amide bonds. The first-order valence-electron chi connectivity index (χ1n) is 11.7. The number of likely N-dealkylation sites (tertiary alicyclic amines) is 1. The number of hydrogen-bond acceptors (Lipinski definition) is 5. The Bertz CT molecular complexity index is 1240. The first-order valence-corrected chi connectivity index (χ1v) is 11.7. The van der Waals surface area contributed by atoms with Crippen molar-refractivity contribution in [3.63, 3.8) is 0 Å². The summed E-state index contributed by atoms with van der Waals surface area (Å²) < 4.78 is 7.93. The third-order valence-corrected chi connectivity index (χ3v) is 6.20. The lowest BCUT2D eigenvalue weighted by molar-refractivity contribution is -0.132. The monoisotopic (exact) mass is 443 g/mol. The zero-order chi connectivity index (χ0) is 22.8. The van der Waals surface area contributed by atoms with Gasteiger partial charge in [0.15, 0.2) is 23.1 Å². The number of amides is 1. The van der Waals surface area contributed by atoms with E-state index in [9.17, 15) is 4.79 Å². The Morgan fingerprint density at radius 1 is 1.15 bits per heavy atom. The molecule has 7 nitrogen and oxygen atoms in total. The molecule has 4 aromatic rings. The van der Waals surface area contributed by atoms with Crippen molar-refractivity contribution in [2.24, 2.45) is 5.92 Å². The van der Waals surface area contributed by atoms with Crippen LogP contribution in [0.1, 0.15) is 56.4 Å². The molecule has 3 aromatic heterocycles. The highest BCUT2D eigenvalue weighted by Crippen LogP contribution is 2.32. The quantitative estimate of drug-likeness (QED) is 0.407. The first-order chi connectivity index (χ1) is 16.1. The van der Waals surface area contributed by atoms with Crippen molar-refractivity contribution in [3.8, 4) is 11.3 Å². The lowest BCUT2D eigenvalue weighted by atomic mass is 10.0. The normalized spacial score (nSPS) is 16.2. The fourth-order valence-electron chi connectivity index (χ4n) is 4.61. The second kappa shape index (κ2) is 9.17. The van der Waals surface area contributed by atoms with Gasteiger partial charge in [-0.1, -0.05) is 44.2 Å². The van der Waals surface area contributed by atoms with Crippen LogP contribution < -0.4 is 0 Å². The number of aromatic nitrogens is 4. The second-order valence-electron chi connectivity index (χ2n) is 9.15. The Hall–Kier alpha value is -3.48. The summed E-state index contributed by atoms with van der Waals surface area (Å²) in [6, 6.07) is 14.2. The number of pyridine rings is 1. The summed E-state index contributed by atoms with van der Waals surface area (Å²) in [5.74, 6) is 2.89. The summed E-state index contributed by atoms with van der Waals surface area (Å²) in [6.07, 6.45) is 7.47. The molecule has 0 radical (unpaired) electrons. The minimum atomic E-state index is -0.0422. The predicted octanol–water partition coefficient (Wildman–Crippen LogP) is 4.88. The molecule has 1 saturated heterocycles. The molecular formula is C26H29N5O2. The fourth-order valence-corrected chi connectivity index (χ4v) is 4.61. The largest absolute Gasteiger partial charge is 0.441 e. The minimum absolute atomic E-state index is 0.0422. The van der Waals surface area contributed by atoms with Gasteiger partial charge >= 0.3 is 0 Å². The van der Waals surface area contributed by atoms with Gasteiger partial charge in [-0.05, 0) is 42.9 Å². The maximum absolute atomic E-state index is 13.1. The van der Waals surface area contributed by atoms with E-state index in [0.29, 0.717) is 24.7 Å². The third kappa shape index (κ3) is 4.53. The van der Waals surface area contributed by atoms with Crippen LogP contribution in [0.3, 0.4) is 0 Å². The predicted molar refractivity (Wildman–Crippen MR) is 125 cm³/mol. The highest BCUT2D eigenvalue weighted by Gasteiger charge is 2.33. The average molecular weight is 444 g/mol. The average Bonchev–Trinajstić information content (AvgIpc) is 3.56. The van der Waals surface area contributed by atoms with Crippen LogP contribution in [0.4, 0.5) is 0 Å². The zero-order valence-electron chi connectivity index (χ0n) is 19.1. The Balaban J connectivity index is 1.23. The Labute approximate surface area is 193 Å². The van der Waals surface area contributed by atoms with Crippen molar-refractivity contribution in [2.45, 2.75) is 52.0 Å². The number of oxazole rings is 1. The number of nitrogens with zero attached hydrogens (tertiary/aromatic N) is 5. The van der Waals surface area contributed by atoms with Gasteiger partial charge in [0.1, 0.15) is 0 Å². The van der Waals surface area contributed by atoms with Crippen LogP contribution in [0.2, 0.25) is 0 Å². The van der Waals surface area contributed by atoms with Gasteiger partial charge in [-0.3, -0.25) is 9.20 Å². The van der Waals surface area contributed by atoms with Crippen molar-refractivity contribution in [2.75, 3.05) is 6.54 Å². The standard InChI is InChI=1S/C26H29N5O2/c1-18(2)16-19-8-10-20(11-9-19)22-17-27-24(33-22)12-13-25(32)30-15-5-6-21(30)26-29-28-23-7-3-4-14-31(23)26/h3-4,7-11,14,17-18,21H,5-6,12-13,15-16H2,1-2H3. The lowest BCUT2D eigenvalue weighted by Gasteiger charge is -2.23. The van der Waals surface area contributed by atoms with Crippen molar-refractivity contribution in [1.29, 1.82) is 0 Å². The Kier molecular flexibility index (Phi) is 5.94. The van der Waals surface area contributed by atoms with E-state index >= 15 is 0 Å². The number of fused-ring (bicyclic) bond motifs is 1. The van der Waals surface area contributed by atoms with Crippen LogP contribution in [0.25, 0.3) is 17.0 Å². The number of carbonyl (C=O) groups excluding carboxylic acids is 1. The summed E-state index contributed by atoms with van der Waals surface area (Å²) in [6.45, 7) is 5.18. The molecule has 1 aliphatic rings. The van der Waals surface area contributed by atoms with E-state index in [2.05, 4.69) is 53.3 Å². The van der Waals surface area contributed by atoms with E-state index in [1.165, 1.54) is 5.56 Å². The van der Waals surface area contributed by atoms with E-state index in [-0.39, 0.29) is 11.9 Å². The molecule has 0 saturated carbocycles. The summed E-state index contributed by atoms with van der Waals surface area (Å²) in [5, 5.41) is 8.63. The Morgan fingerprint density at radius 2 is 2.00 bits per heavy atom. The second-order valence-corrected chi connectivity index (χ2v) is 9.15. The molecule has 1 fully saturated rings. The lowest BCUT2D eigenvalue weighted by Crippen LogP contribution is -2.31. The van der Waals surface area contributed by atoms with E-state index in [0.717, 1.165) is 48.6 Å². The SMILES string of the molecule is CC(C)Cc1ccc(-c2cnc(CCC(=O)N3CCCC3c3nnc4ccccn34)o2)cc1. The molecule has 1 aromatic carbocycles. The van der Waals surface area contributed by atoms with Crippen molar-refractivity contribution < 1.29 is 9.21 Å². The molecule has 0 bridgehead atoms. The molecule has 5 rings (SSSR count). The summed E-state index contributed by atoms with van der Waals surface area (Å²) in [7, 11) is 0. The van der Waals surface area contributed by atoms with Crippen LogP contribution in [-0.2, 0) is 17.6 Å². The topological polar surface area (TPSA) is 76.5 Å². The maximum atomic E-state index is 13.1. The van der Waals surface area contributed by atoms with Gasteiger partial charge in [-0.2, -0.15) is 0 Å². The van der Waals surface area contributed by atoms with Gasteiger partial charge in [0.25, 0.3) is 0 Å². The number of aryl methyl sites for hydroxylation is 1. The smallest absolute Gasteiger partial charge is 0.223 e. The van der Waals surface area contributed by atoms with Crippen molar-refractivity contribution in [1.82, 2.24) is 24.5 Å². The van der Waals surface area contributed by atoms with E-state index in [4.69, 9.17) is 4.42 Å². The van der Waals surface area contributed by atoms with Crippen molar-refractivity contribution >= 4 is 11.6 Å². The number of benzene rings is 1. The molecule has 0 spiro atoms. The molecule has 1 unspecified atom stereocenters. The molecule has 33 heavy (non-hydrogen) atoms. The summed E-state index contributed by atoms with van der Waals surface area (Å²) in [5.41, 5.74) is 3.13. The molecule has 170 valence electrons. The molecule has 0 aliphatic carbocycles. The molecule has 7 heteroatoms. The minimum Gasteiger partial charge on any atom is -0.441 e. The van der Waals surface area contributed by atoms with Crippen LogP contribution in [0.5, 0.6) is 0 Å². The number of carbonyl (C=O) groups is 1. The molecular weight excluding hydrogens is 414 g/mol. The Morgan fingerprint density at radius 3 is 2.82 bits per heavy atom. The van der Waals surface area contributed by atoms with Gasteiger partial charge < -0.3 is 9.32 Å². The highest BCUT2D eigenvalue weighted by molar-refractivity contribution is 5.77. The first kappa shape index (κ1) is 21.4. The molecule has 0 N–H and O–H groups in total. The van der Waals surface area contributed by atoms with Crippen LogP contribution in [0, 0.1) is 5.92 Å². The maximum Gasteiger partial charge on any atom is 0.223 e. The molecule has 4 heterocycles. The molecule has 1 atom stereocenters. The fraction of sp³-hybridized carbons (Fsp3) is 0.385. The van der Waals surface area contributed by atoms with Gasteiger partial charge in [0.2, 0.25) is 5.91 Å². The summed E-state index contributed by atoms with van der Waals surface area (Å²) in [4.78, 5) is 19.4. The molecule has 1 aliphatic heterocycles. The highest BCUT2D eigenvalue weighted by atomic mass is 16.4. The summed E-state index contributed by atoms with van der Waals surface area (Å²) >= 11 is 0. The van der Waals surface area contributed by atoms with E-state index in [1.807, 2.05) is 33.7 Å². The van der Waals surface area contributed by atoms with E-state index < -0.39 is 0 Å². The number of rotatable bonds is 7.